The fourth-order valence-corrected chi connectivity index (χ4v) is 2.16. The Morgan fingerprint density at radius 1 is 1.53 bits per heavy atom. The van der Waals surface area contributed by atoms with Crippen LogP contribution in [0.5, 0.6) is 0 Å². The molecule has 1 atom stereocenters. The van der Waals surface area contributed by atoms with E-state index in [4.69, 9.17) is 5.11 Å². The van der Waals surface area contributed by atoms with Gasteiger partial charge in [-0.3, -0.25) is 0 Å². The van der Waals surface area contributed by atoms with E-state index in [1.807, 2.05) is 13.0 Å². The molecule has 2 rings (SSSR count). The van der Waals surface area contributed by atoms with Gasteiger partial charge in [-0.25, -0.2) is 4.79 Å². The molecule has 1 aromatic carbocycles. The van der Waals surface area contributed by atoms with Crippen LogP contribution in [0.25, 0.3) is 0 Å². The third kappa shape index (κ3) is 2.78. The number of rotatable bonds is 5. The van der Waals surface area contributed by atoms with Gasteiger partial charge < -0.3 is 10.4 Å². The first kappa shape index (κ1) is 12.0. The van der Waals surface area contributed by atoms with Crippen LogP contribution in [0.1, 0.15) is 42.1 Å². The van der Waals surface area contributed by atoms with Gasteiger partial charge >= 0.3 is 5.97 Å². The Labute approximate surface area is 102 Å². The molecule has 1 fully saturated rings. The molecule has 2 N–H and O–H groups in total. The number of carboxylic acid groups (broad SMARTS) is 1. The minimum atomic E-state index is -0.868. The minimum absolute atomic E-state index is 0.351. The van der Waals surface area contributed by atoms with Crippen LogP contribution in [-0.4, -0.2) is 17.1 Å². The molecule has 0 saturated heterocycles. The Balaban J connectivity index is 2.18. The Hall–Kier alpha value is -1.51. The smallest absolute Gasteiger partial charge is 0.335 e. The monoisotopic (exact) mass is 233 g/mol. The number of benzene rings is 1. The quantitative estimate of drug-likeness (QED) is 0.820. The fraction of sp³-hybridized carbons (Fsp3) is 0.500. The predicted molar refractivity (Wildman–Crippen MR) is 68.6 cm³/mol. The number of aryl methyl sites for hydroxylation is 1. The maximum atomic E-state index is 10.9. The summed E-state index contributed by atoms with van der Waals surface area (Å²) in [5.41, 5.74) is 2.42. The molecule has 0 aliphatic heterocycles. The second-order valence-electron chi connectivity index (χ2n) is 4.83. The molecule has 3 nitrogen and oxygen atoms in total. The van der Waals surface area contributed by atoms with Crippen molar-refractivity contribution in [3.63, 3.8) is 0 Å². The van der Waals surface area contributed by atoms with Crippen LogP contribution in [-0.2, 0) is 0 Å². The summed E-state index contributed by atoms with van der Waals surface area (Å²) in [5.74, 6) is -0.0968. The largest absolute Gasteiger partial charge is 0.478 e. The van der Waals surface area contributed by atoms with E-state index in [-0.39, 0.29) is 0 Å². The number of carboxylic acids is 1. The van der Waals surface area contributed by atoms with E-state index in [0.29, 0.717) is 11.6 Å². The summed E-state index contributed by atoms with van der Waals surface area (Å²) >= 11 is 0. The van der Waals surface area contributed by atoms with Crippen molar-refractivity contribution in [2.24, 2.45) is 5.92 Å². The highest BCUT2D eigenvalue weighted by atomic mass is 16.4. The van der Waals surface area contributed by atoms with Gasteiger partial charge in [0.15, 0.2) is 0 Å². The van der Waals surface area contributed by atoms with Crippen molar-refractivity contribution in [2.45, 2.75) is 39.2 Å². The van der Waals surface area contributed by atoms with E-state index < -0.39 is 5.97 Å². The first-order valence-electron chi connectivity index (χ1n) is 6.22. The third-order valence-electron chi connectivity index (χ3n) is 3.46. The van der Waals surface area contributed by atoms with Crippen molar-refractivity contribution in [1.82, 2.24) is 0 Å². The predicted octanol–water partition coefficient (Wildman–Crippen LogP) is 3.29. The molecule has 1 unspecified atom stereocenters. The van der Waals surface area contributed by atoms with E-state index >= 15 is 0 Å². The number of aromatic carboxylic acids is 1. The molecule has 0 radical (unpaired) electrons. The Bertz CT molecular complexity index is 424. The highest BCUT2D eigenvalue weighted by molar-refractivity contribution is 5.89. The van der Waals surface area contributed by atoms with Gasteiger partial charge in [-0.2, -0.15) is 0 Å². The number of nitrogens with one attached hydrogen (secondary N) is 1. The van der Waals surface area contributed by atoms with Crippen molar-refractivity contribution in [2.75, 3.05) is 5.32 Å². The highest BCUT2D eigenvalue weighted by Gasteiger charge is 2.30. The molecule has 17 heavy (non-hydrogen) atoms. The molecule has 1 aliphatic carbocycles. The fourth-order valence-electron chi connectivity index (χ4n) is 2.16. The number of anilines is 1. The van der Waals surface area contributed by atoms with Gasteiger partial charge in [-0.15, -0.1) is 0 Å². The van der Waals surface area contributed by atoms with Crippen LogP contribution in [0.3, 0.4) is 0 Å². The van der Waals surface area contributed by atoms with Crippen molar-refractivity contribution < 1.29 is 9.90 Å². The average molecular weight is 233 g/mol. The zero-order valence-electron chi connectivity index (χ0n) is 10.4. The Kier molecular flexibility index (Phi) is 3.36. The van der Waals surface area contributed by atoms with Crippen LogP contribution in [0, 0.1) is 12.8 Å². The molecular formula is C14H19NO2. The number of carbonyl (C=O) groups is 1. The highest BCUT2D eigenvalue weighted by Crippen LogP contribution is 2.36. The van der Waals surface area contributed by atoms with Crippen molar-refractivity contribution in [3.8, 4) is 0 Å². The molecule has 0 heterocycles. The van der Waals surface area contributed by atoms with Crippen molar-refractivity contribution >= 4 is 11.7 Å². The molecule has 1 aliphatic rings. The second kappa shape index (κ2) is 4.78. The van der Waals surface area contributed by atoms with Gasteiger partial charge in [0.1, 0.15) is 0 Å². The summed E-state index contributed by atoms with van der Waals surface area (Å²) in [6, 6.07) is 5.74. The maximum absolute atomic E-state index is 10.9. The van der Waals surface area contributed by atoms with Crippen molar-refractivity contribution in [1.29, 1.82) is 0 Å². The summed E-state index contributed by atoms with van der Waals surface area (Å²) in [6.07, 6.45) is 3.67. The molecule has 1 aromatic rings. The van der Waals surface area contributed by atoms with Gasteiger partial charge in [0.05, 0.1) is 5.56 Å². The van der Waals surface area contributed by atoms with Gasteiger partial charge in [0.25, 0.3) is 0 Å². The van der Waals surface area contributed by atoms with E-state index in [1.54, 1.807) is 12.1 Å². The molecule has 3 heteroatoms. The molecule has 0 aromatic heterocycles. The molecule has 0 bridgehead atoms. The zero-order valence-corrected chi connectivity index (χ0v) is 10.4. The molecular weight excluding hydrogens is 214 g/mol. The minimum Gasteiger partial charge on any atom is -0.478 e. The van der Waals surface area contributed by atoms with Gasteiger partial charge in [-0.1, -0.05) is 13.0 Å². The summed E-state index contributed by atoms with van der Waals surface area (Å²) in [5, 5.41) is 12.5. The normalized spacial score (nSPS) is 16.6. The molecule has 92 valence electrons. The first-order valence-corrected chi connectivity index (χ1v) is 6.22. The molecule has 1 saturated carbocycles. The van der Waals surface area contributed by atoms with Crippen LogP contribution >= 0.6 is 0 Å². The van der Waals surface area contributed by atoms with E-state index in [0.717, 1.165) is 23.6 Å². The van der Waals surface area contributed by atoms with E-state index in [1.165, 1.54) is 12.8 Å². The number of hydrogen-bond donors (Lipinski definition) is 2. The van der Waals surface area contributed by atoms with E-state index in [2.05, 4.69) is 12.2 Å². The SMILES string of the molecule is CCC(Nc1cc(C(=O)O)ccc1C)C1CC1. The third-order valence-corrected chi connectivity index (χ3v) is 3.46. The topological polar surface area (TPSA) is 49.3 Å². The lowest BCUT2D eigenvalue weighted by molar-refractivity contribution is 0.0697. The van der Waals surface area contributed by atoms with Crippen molar-refractivity contribution in [3.05, 3.63) is 29.3 Å². The standard InChI is InChI=1S/C14H19NO2/c1-3-12(10-6-7-10)15-13-8-11(14(16)17)5-4-9(13)2/h4-5,8,10,12,15H,3,6-7H2,1-2H3,(H,16,17). The summed E-state index contributed by atoms with van der Waals surface area (Å²) in [7, 11) is 0. The average Bonchev–Trinajstić information content (AvgIpc) is 3.11. The van der Waals surface area contributed by atoms with Gasteiger partial charge in [0.2, 0.25) is 0 Å². The lowest BCUT2D eigenvalue weighted by Crippen LogP contribution is -2.21. The summed E-state index contributed by atoms with van der Waals surface area (Å²) in [6.45, 7) is 4.18. The maximum Gasteiger partial charge on any atom is 0.335 e. The van der Waals surface area contributed by atoms with Crippen LogP contribution < -0.4 is 5.32 Å². The van der Waals surface area contributed by atoms with Crippen LogP contribution in [0.2, 0.25) is 0 Å². The first-order chi connectivity index (χ1) is 8.11. The van der Waals surface area contributed by atoms with Gasteiger partial charge in [-0.05, 0) is 49.8 Å². The lowest BCUT2D eigenvalue weighted by Gasteiger charge is -2.19. The van der Waals surface area contributed by atoms with Crippen LogP contribution in [0.4, 0.5) is 5.69 Å². The van der Waals surface area contributed by atoms with Crippen LogP contribution in [0.15, 0.2) is 18.2 Å². The Morgan fingerprint density at radius 3 is 2.76 bits per heavy atom. The zero-order chi connectivity index (χ0) is 12.4. The molecule has 0 spiro atoms. The Morgan fingerprint density at radius 2 is 2.24 bits per heavy atom. The summed E-state index contributed by atoms with van der Waals surface area (Å²) < 4.78 is 0. The van der Waals surface area contributed by atoms with E-state index in [9.17, 15) is 4.79 Å². The number of hydrogen-bond acceptors (Lipinski definition) is 2. The molecule has 0 amide bonds. The second-order valence-corrected chi connectivity index (χ2v) is 4.83. The lowest BCUT2D eigenvalue weighted by atomic mass is 10.1. The summed E-state index contributed by atoms with van der Waals surface area (Å²) in [4.78, 5) is 10.9. The van der Waals surface area contributed by atoms with Gasteiger partial charge in [0, 0.05) is 11.7 Å².